The van der Waals surface area contributed by atoms with Crippen molar-refractivity contribution in [3.8, 4) is 0 Å². The van der Waals surface area contributed by atoms with Crippen LogP contribution in [0.4, 0.5) is 0 Å². The average Bonchev–Trinajstić information content (AvgIpc) is 3.14. The second kappa shape index (κ2) is 10.4. The van der Waals surface area contributed by atoms with Crippen LogP contribution in [0.1, 0.15) is 57.9 Å². The lowest BCUT2D eigenvalue weighted by Crippen LogP contribution is -2.44. The second-order valence-corrected chi connectivity index (χ2v) is 7.57. The Morgan fingerprint density at radius 3 is 2.96 bits per heavy atom. The first-order valence-electron chi connectivity index (χ1n) is 9.45. The normalized spacial score (nSPS) is 19.6. The van der Waals surface area contributed by atoms with E-state index in [9.17, 15) is 4.79 Å². The van der Waals surface area contributed by atoms with Crippen LogP contribution in [0.3, 0.4) is 0 Å². The Labute approximate surface area is 155 Å². The van der Waals surface area contributed by atoms with Crippen molar-refractivity contribution in [2.45, 2.75) is 58.4 Å². The first-order valence-corrected chi connectivity index (χ1v) is 10.4. The van der Waals surface area contributed by atoms with E-state index in [4.69, 9.17) is 0 Å². The fourth-order valence-corrected chi connectivity index (χ4v) is 3.91. The van der Waals surface area contributed by atoms with E-state index in [0.717, 1.165) is 38.4 Å². The lowest BCUT2D eigenvalue weighted by molar-refractivity contribution is -0.134. The van der Waals surface area contributed by atoms with Gasteiger partial charge < -0.3 is 15.5 Å². The largest absolute Gasteiger partial charge is 0.357 e. The number of aliphatic imine (C=N–C) groups is 1. The number of nitrogens with zero attached hydrogens (tertiary/aromatic N) is 2. The zero-order chi connectivity index (χ0) is 18.1. The molecule has 1 amide bonds. The fourth-order valence-electron chi connectivity index (χ4n) is 3.13. The van der Waals surface area contributed by atoms with Crippen molar-refractivity contribution in [3.63, 3.8) is 0 Å². The molecule has 0 radical (unpaired) electrons. The van der Waals surface area contributed by atoms with Gasteiger partial charge in [0.2, 0.25) is 5.91 Å². The summed E-state index contributed by atoms with van der Waals surface area (Å²) in [6.45, 7) is 9.49. The summed E-state index contributed by atoms with van der Waals surface area (Å²) in [6, 6.07) is 2.54. The predicted molar refractivity (Wildman–Crippen MR) is 106 cm³/mol. The molecule has 2 atom stereocenters. The van der Waals surface area contributed by atoms with Crippen LogP contribution in [-0.4, -0.2) is 49.0 Å². The molecular weight excluding hydrogens is 332 g/mol. The first kappa shape index (κ1) is 19.8. The Hall–Kier alpha value is -1.56. The summed E-state index contributed by atoms with van der Waals surface area (Å²) >= 11 is 1.72. The summed E-state index contributed by atoms with van der Waals surface area (Å²) in [5, 5.41) is 10.8. The number of likely N-dealkylation sites (tertiary alicyclic amines) is 1. The number of rotatable bonds is 7. The van der Waals surface area contributed by atoms with Gasteiger partial charge in [-0.2, -0.15) is 11.3 Å². The minimum atomic E-state index is 0.252. The van der Waals surface area contributed by atoms with E-state index in [0.29, 0.717) is 24.9 Å². The molecule has 6 heteroatoms. The van der Waals surface area contributed by atoms with E-state index in [1.807, 2.05) is 4.90 Å². The number of thiophene rings is 1. The van der Waals surface area contributed by atoms with E-state index in [1.54, 1.807) is 11.3 Å². The van der Waals surface area contributed by atoms with Gasteiger partial charge in [-0.15, -0.1) is 0 Å². The molecule has 0 aromatic carbocycles. The van der Waals surface area contributed by atoms with E-state index < -0.39 is 0 Å². The second-order valence-electron chi connectivity index (χ2n) is 6.79. The van der Waals surface area contributed by atoms with Gasteiger partial charge in [-0.1, -0.05) is 6.92 Å². The van der Waals surface area contributed by atoms with Gasteiger partial charge in [0.05, 0.1) is 0 Å². The molecule has 2 unspecified atom stereocenters. The predicted octanol–water partition coefficient (Wildman–Crippen LogP) is 3.20. The van der Waals surface area contributed by atoms with Crippen LogP contribution in [0.15, 0.2) is 21.8 Å². The first-order chi connectivity index (χ1) is 12.1. The third-order valence-electron chi connectivity index (χ3n) is 4.73. The summed E-state index contributed by atoms with van der Waals surface area (Å²) in [4.78, 5) is 19.1. The smallest absolute Gasteiger partial charge is 0.224 e. The number of carbonyl (C=O) groups excluding carboxylic acids is 1. The lowest BCUT2D eigenvalue weighted by atomic mass is 10.0. The van der Waals surface area contributed by atoms with Crippen molar-refractivity contribution < 1.29 is 4.79 Å². The summed E-state index contributed by atoms with van der Waals surface area (Å²) in [7, 11) is 0. The van der Waals surface area contributed by atoms with Gasteiger partial charge in [0.25, 0.3) is 0 Å². The van der Waals surface area contributed by atoms with Crippen LogP contribution >= 0.6 is 11.3 Å². The minimum absolute atomic E-state index is 0.252. The number of piperidine rings is 1. The summed E-state index contributed by atoms with van der Waals surface area (Å²) in [5.74, 6) is 1.45. The van der Waals surface area contributed by atoms with E-state index in [-0.39, 0.29) is 5.91 Å². The molecule has 0 spiro atoms. The molecule has 25 heavy (non-hydrogen) atoms. The van der Waals surface area contributed by atoms with Crippen molar-refractivity contribution >= 4 is 23.2 Å². The van der Waals surface area contributed by atoms with Gasteiger partial charge in [-0.05, 0) is 55.5 Å². The highest BCUT2D eigenvalue weighted by molar-refractivity contribution is 7.07. The van der Waals surface area contributed by atoms with Gasteiger partial charge in [0.1, 0.15) is 0 Å². The summed E-state index contributed by atoms with van der Waals surface area (Å²) in [6.07, 6.45) is 4.02. The molecule has 2 N–H and O–H groups in total. The average molecular weight is 365 g/mol. The van der Waals surface area contributed by atoms with Crippen LogP contribution in [0, 0.1) is 0 Å². The SMILES string of the molecule is CCNC(=NCC(C)c1ccsc1)NCCC(=O)N1CCCCC1C. The molecule has 2 rings (SSSR count). The molecule has 1 aromatic heterocycles. The van der Waals surface area contributed by atoms with Gasteiger partial charge in [0.15, 0.2) is 5.96 Å². The van der Waals surface area contributed by atoms with E-state index in [1.165, 1.54) is 12.0 Å². The van der Waals surface area contributed by atoms with Crippen LogP contribution in [0.5, 0.6) is 0 Å². The van der Waals surface area contributed by atoms with Gasteiger partial charge in [-0.25, -0.2) is 0 Å². The fraction of sp³-hybridized carbons (Fsp3) is 0.684. The van der Waals surface area contributed by atoms with Gasteiger partial charge >= 0.3 is 0 Å². The molecule has 1 fully saturated rings. The topological polar surface area (TPSA) is 56.7 Å². The molecule has 1 aliphatic heterocycles. The summed E-state index contributed by atoms with van der Waals surface area (Å²) < 4.78 is 0. The molecular formula is C19H32N4OS. The maximum atomic E-state index is 12.4. The Bertz CT molecular complexity index is 544. The molecule has 0 saturated carbocycles. The molecule has 5 nitrogen and oxygen atoms in total. The Morgan fingerprint density at radius 1 is 1.44 bits per heavy atom. The zero-order valence-corrected chi connectivity index (χ0v) is 16.6. The molecule has 2 heterocycles. The minimum Gasteiger partial charge on any atom is -0.357 e. The zero-order valence-electron chi connectivity index (χ0n) is 15.8. The highest BCUT2D eigenvalue weighted by Gasteiger charge is 2.22. The highest BCUT2D eigenvalue weighted by Crippen LogP contribution is 2.18. The number of hydrogen-bond donors (Lipinski definition) is 2. The summed E-state index contributed by atoms with van der Waals surface area (Å²) in [5.41, 5.74) is 1.33. The Balaban J connectivity index is 1.78. The van der Waals surface area contributed by atoms with Crippen molar-refractivity contribution in [2.24, 2.45) is 4.99 Å². The third kappa shape index (κ3) is 6.34. The van der Waals surface area contributed by atoms with Crippen molar-refractivity contribution in [2.75, 3.05) is 26.2 Å². The Kier molecular flexibility index (Phi) is 8.25. The van der Waals surface area contributed by atoms with Crippen molar-refractivity contribution in [1.82, 2.24) is 15.5 Å². The maximum Gasteiger partial charge on any atom is 0.224 e. The van der Waals surface area contributed by atoms with Crippen LogP contribution in [0.25, 0.3) is 0 Å². The standard InChI is InChI=1S/C19H32N4OS/c1-4-20-19(22-13-15(2)17-9-12-25-14-17)21-10-8-18(24)23-11-6-5-7-16(23)3/h9,12,14-16H,4-8,10-11,13H2,1-3H3,(H2,20,21,22). The molecule has 140 valence electrons. The number of carbonyl (C=O) groups is 1. The molecule has 0 bridgehead atoms. The highest BCUT2D eigenvalue weighted by atomic mass is 32.1. The molecule has 1 aliphatic rings. The van der Waals surface area contributed by atoms with Crippen LogP contribution in [-0.2, 0) is 4.79 Å². The maximum absolute atomic E-state index is 12.4. The Morgan fingerprint density at radius 2 is 2.28 bits per heavy atom. The van der Waals surface area contributed by atoms with Crippen LogP contribution < -0.4 is 10.6 Å². The van der Waals surface area contributed by atoms with Crippen molar-refractivity contribution in [3.05, 3.63) is 22.4 Å². The quantitative estimate of drug-likeness (QED) is 0.577. The number of hydrogen-bond acceptors (Lipinski definition) is 3. The molecule has 1 saturated heterocycles. The lowest BCUT2D eigenvalue weighted by Gasteiger charge is -2.33. The molecule has 1 aromatic rings. The molecule has 0 aliphatic carbocycles. The van der Waals surface area contributed by atoms with Gasteiger partial charge in [-0.3, -0.25) is 9.79 Å². The number of amides is 1. The van der Waals surface area contributed by atoms with Crippen LogP contribution in [0.2, 0.25) is 0 Å². The van der Waals surface area contributed by atoms with Crippen molar-refractivity contribution in [1.29, 1.82) is 0 Å². The van der Waals surface area contributed by atoms with E-state index in [2.05, 4.69) is 53.2 Å². The number of nitrogens with one attached hydrogen (secondary N) is 2. The monoisotopic (exact) mass is 364 g/mol. The van der Waals surface area contributed by atoms with Gasteiger partial charge in [0, 0.05) is 44.6 Å². The van der Waals surface area contributed by atoms with E-state index >= 15 is 0 Å². The third-order valence-corrected chi connectivity index (χ3v) is 5.44. The number of guanidine groups is 1.